The predicted octanol–water partition coefficient (Wildman–Crippen LogP) is 5.20. The third-order valence-electron chi connectivity index (χ3n) is 7.95. The summed E-state index contributed by atoms with van der Waals surface area (Å²) in [4.78, 5) is 23.2. The number of esters is 2. The van der Waals surface area contributed by atoms with Crippen molar-refractivity contribution in [2.45, 2.75) is 105 Å². The van der Waals surface area contributed by atoms with Gasteiger partial charge in [-0.25, -0.2) is 0 Å². The molecule has 0 radical (unpaired) electrons. The molecule has 0 aromatic rings. The van der Waals surface area contributed by atoms with Crippen LogP contribution in [0.15, 0.2) is 12.2 Å². The van der Waals surface area contributed by atoms with E-state index in [4.69, 9.17) is 9.47 Å². The van der Waals surface area contributed by atoms with Gasteiger partial charge in [0.05, 0.1) is 0 Å². The van der Waals surface area contributed by atoms with Crippen LogP contribution in [0, 0.1) is 22.7 Å². The third-order valence-corrected chi connectivity index (χ3v) is 7.95. The van der Waals surface area contributed by atoms with Crippen LogP contribution in [-0.4, -0.2) is 35.4 Å². The number of rotatable bonds is 8. The Hall–Kier alpha value is -1.36. The maximum absolute atomic E-state index is 11.9. The molecular formula is C25H42O5. The minimum Gasteiger partial charge on any atom is -0.462 e. The van der Waals surface area contributed by atoms with Crippen molar-refractivity contribution >= 4 is 11.9 Å². The van der Waals surface area contributed by atoms with Gasteiger partial charge in [-0.3, -0.25) is 9.59 Å². The summed E-state index contributed by atoms with van der Waals surface area (Å²) >= 11 is 0. The van der Waals surface area contributed by atoms with Gasteiger partial charge in [-0.1, -0.05) is 46.3 Å². The van der Waals surface area contributed by atoms with Gasteiger partial charge in [0, 0.05) is 13.3 Å². The summed E-state index contributed by atoms with van der Waals surface area (Å²) in [5.74, 6) is 0.117. The second-order valence-corrected chi connectivity index (χ2v) is 10.7. The van der Waals surface area contributed by atoms with Crippen molar-refractivity contribution in [3.05, 3.63) is 12.2 Å². The fraction of sp³-hybridized carbons (Fsp3) is 0.840. The van der Waals surface area contributed by atoms with Crippen molar-refractivity contribution in [3.8, 4) is 0 Å². The van der Waals surface area contributed by atoms with Crippen molar-refractivity contribution in [2.24, 2.45) is 22.7 Å². The van der Waals surface area contributed by atoms with E-state index in [9.17, 15) is 14.7 Å². The Balaban J connectivity index is 2.16. The van der Waals surface area contributed by atoms with E-state index < -0.39 is 23.6 Å². The smallest absolute Gasteiger partial charge is 0.306 e. The second kappa shape index (κ2) is 9.42. The molecule has 0 heterocycles. The van der Waals surface area contributed by atoms with E-state index in [-0.39, 0.29) is 18.4 Å². The van der Waals surface area contributed by atoms with Gasteiger partial charge in [0.1, 0.15) is 12.2 Å². The molecule has 0 spiro atoms. The minimum atomic E-state index is -1.28. The van der Waals surface area contributed by atoms with Crippen molar-refractivity contribution in [1.82, 2.24) is 0 Å². The highest BCUT2D eigenvalue weighted by molar-refractivity contribution is 5.69. The van der Waals surface area contributed by atoms with Crippen LogP contribution in [0.25, 0.3) is 0 Å². The molecule has 5 unspecified atom stereocenters. The van der Waals surface area contributed by atoms with E-state index >= 15 is 0 Å². The standard InChI is InChI=1S/C25H42O5/c1-8-22(27)30-21(16-29-18(3)26)25(7,28)15-12-19-17(2)10-11-20-23(4,5)13-9-14-24(19,20)6/h19-21,28H,2,8-16H2,1,3-7H3. The van der Waals surface area contributed by atoms with Gasteiger partial charge < -0.3 is 14.6 Å². The average molecular weight is 423 g/mol. The summed E-state index contributed by atoms with van der Waals surface area (Å²) in [5.41, 5.74) is 0.500. The van der Waals surface area contributed by atoms with E-state index in [1.54, 1.807) is 13.8 Å². The number of hydrogen-bond donors (Lipinski definition) is 1. The van der Waals surface area contributed by atoms with Gasteiger partial charge in [0.25, 0.3) is 0 Å². The molecule has 0 saturated heterocycles. The Bertz CT molecular complexity index is 650. The third kappa shape index (κ3) is 5.46. The van der Waals surface area contributed by atoms with E-state index in [1.165, 1.54) is 38.2 Å². The maximum atomic E-state index is 11.9. The lowest BCUT2D eigenvalue weighted by molar-refractivity contribution is -0.177. The van der Waals surface area contributed by atoms with Crippen LogP contribution < -0.4 is 0 Å². The lowest BCUT2D eigenvalue weighted by Crippen LogP contribution is -2.51. The summed E-state index contributed by atoms with van der Waals surface area (Å²) < 4.78 is 10.5. The molecule has 5 heteroatoms. The molecule has 2 aliphatic carbocycles. The van der Waals surface area contributed by atoms with Crippen molar-refractivity contribution in [1.29, 1.82) is 0 Å². The van der Waals surface area contributed by atoms with Crippen LogP contribution in [0.3, 0.4) is 0 Å². The van der Waals surface area contributed by atoms with Gasteiger partial charge in [0.2, 0.25) is 0 Å². The van der Waals surface area contributed by atoms with Crippen molar-refractivity contribution in [3.63, 3.8) is 0 Å². The Morgan fingerprint density at radius 2 is 1.97 bits per heavy atom. The van der Waals surface area contributed by atoms with Gasteiger partial charge in [0.15, 0.2) is 6.10 Å². The number of ether oxygens (including phenoxy) is 2. The summed E-state index contributed by atoms with van der Waals surface area (Å²) in [6.45, 7) is 16.2. The molecule has 2 saturated carbocycles. The first-order valence-electron chi connectivity index (χ1n) is 11.6. The SMILES string of the molecule is C=C1CCC2C(C)(C)CCCC2(C)C1CCC(C)(O)C(COC(C)=O)OC(=O)CC. The lowest BCUT2D eigenvalue weighted by Gasteiger charge is -2.58. The number of carbonyl (C=O) groups excluding carboxylic acids is 2. The molecule has 0 bridgehead atoms. The topological polar surface area (TPSA) is 72.8 Å². The lowest BCUT2D eigenvalue weighted by atomic mass is 9.47. The molecular weight excluding hydrogens is 380 g/mol. The molecule has 2 fully saturated rings. The summed E-state index contributed by atoms with van der Waals surface area (Å²) in [7, 11) is 0. The van der Waals surface area contributed by atoms with E-state index in [0.717, 1.165) is 12.8 Å². The average Bonchev–Trinajstić information content (AvgIpc) is 2.63. The van der Waals surface area contributed by atoms with E-state index in [0.29, 0.717) is 23.7 Å². The van der Waals surface area contributed by atoms with E-state index in [1.807, 2.05) is 0 Å². The van der Waals surface area contributed by atoms with Crippen LogP contribution in [0.4, 0.5) is 0 Å². The Morgan fingerprint density at radius 3 is 2.57 bits per heavy atom. The fourth-order valence-electron chi connectivity index (χ4n) is 6.18. The Morgan fingerprint density at radius 1 is 1.30 bits per heavy atom. The molecule has 30 heavy (non-hydrogen) atoms. The summed E-state index contributed by atoms with van der Waals surface area (Å²) in [5, 5.41) is 11.2. The number of hydrogen-bond acceptors (Lipinski definition) is 5. The van der Waals surface area contributed by atoms with Crippen LogP contribution >= 0.6 is 0 Å². The Kier molecular flexibility index (Phi) is 7.82. The second-order valence-electron chi connectivity index (χ2n) is 10.7. The molecule has 5 atom stereocenters. The molecule has 2 aliphatic rings. The maximum Gasteiger partial charge on any atom is 0.306 e. The first-order chi connectivity index (χ1) is 13.8. The molecule has 0 aromatic heterocycles. The molecule has 0 amide bonds. The fourth-order valence-corrected chi connectivity index (χ4v) is 6.18. The zero-order chi connectivity index (χ0) is 22.7. The van der Waals surface area contributed by atoms with Crippen LogP contribution in [-0.2, 0) is 19.1 Å². The first-order valence-corrected chi connectivity index (χ1v) is 11.6. The monoisotopic (exact) mass is 422 g/mol. The predicted molar refractivity (Wildman–Crippen MR) is 118 cm³/mol. The highest BCUT2D eigenvalue weighted by atomic mass is 16.6. The van der Waals surface area contributed by atoms with Gasteiger partial charge in [-0.15, -0.1) is 0 Å². The van der Waals surface area contributed by atoms with Crippen molar-refractivity contribution < 1.29 is 24.2 Å². The van der Waals surface area contributed by atoms with Crippen molar-refractivity contribution in [2.75, 3.05) is 6.61 Å². The van der Waals surface area contributed by atoms with Crippen LogP contribution in [0.5, 0.6) is 0 Å². The number of carbonyl (C=O) groups is 2. The zero-order valence-electron chi connectivity index (χ0n) is 19.9. The molecule has 2 rings (SSSR count). The number of aliphatic hydroxyl groups is 1. The van der Waals surface area contributed by atoms with E-state index in [2.05, 4.69) is 27.4 Å². The van der Waals surface area contributed by atoms with Gasteiger partial charge in [-0.2, -0.15) is 0 Å². The normalized spacial score (nSPS) is 31.2. The molecule has 0 aliphatic heterocycles. The van der Waals surface area contributed by atoms with Crippen LogP contribution in [0.2, 0.25) is 0 Å². The van der Waals surface area contributed by atoms with Gasteiger partial charge >= 0.3 is 11.9 Å². The highest BCUT2D eigenvalue weighted by Crippen LogP contribution is 2.61. The molecule has 0 aromatic carbocycles. The summed E-state index contributed by atoms with van der Waals surface area (Å²) in [6, 6.07) is 0. The quantitative estimate of drug-likeness (QED) is 0.430. The summed E-state index contributed by atoms with van der Waals surface area (Å²) in [6.07, 6.45) is 6.49. The molecule has 172 valence electrons. The highest BCUT2D eigenvalue weighted by Gasteiger charge is 2.53. The van der Waals surface area contributed by atoms with Gasteiger partial charge in [-0.05, 0) is 68.1 Å². The zero-order valence-corrected chi connectivity index (χ0v) is 19.9. The minimum absolute atomic E-state index is 0.132. The van der Waals surface area contributed by atoms with Crippen LogP contribution in [0.1, 0.15) is 92.9 Å². The molecule has 1 N–H and O–H groups in total. The first kappa shape index (κ1) is 24.9. The number of allylic oxidation sites excluding steroid dienone is 1. The largest absolute Gasteiger partial charge is 0.462 e. The number of fused-ring (bicyclic) bond motifs is 1. The molecule has 5 nitrogen and oxygen atoms in total. The Labute approximate surface area is 182 Å².